The van der Waals surface area contributed by atoms with E-state index in [1.165, 1.54) is 0 Å². The Bertz CT molecular complexity index is 325. The molecule has 0 radical (unpaired) electrons. The minimum absolute atomic E-state index is 0.180. The van der Waals surface area contributed by atoms with Gasteiger partial charge in [0.2, 0.25) is 0 Å². The van der Waals surface area contributed by atoms with Gasteiger partial charge in [-0.1, -0.05) is 12.1 Å². The van der Waals surface area contributed by atoms with Crippen LogP contribution in [0.2, 0.25) is 0 Å². The van der Waals surface area contributed by atoms with Gasteiger partial charge in [-0.05, 0) is 38.5 Å². The second kappa shape index (κ2) is 5.32. The van der Waals surface area contributed by atoms with Crippen LogP contribution in [0.3, 0.4) is 0 Å². The monoisotopic (exact) mass is 188 g/mol. The van der Waals surface area contributed by atoms with Gasteiger partial charge in [0.1, 0.15) is 0 Å². The van der Waals surface area contributed by atoms with Crippen LogP contribution in [0.25, 0.3) is 0 Å². The van der Waals surface area contributed by atoms with Crippen LogP contribution in [-0.4, -0.2) is 10.7 Å². The van der Waals surface area contributed by atoms with Gasteiger partial charge in [-0.3, -0.25) is 9.98 Å². The first kappa shape index (κ1) is 10.6. The summed E-state index contributed by atoms with van der Waals surface area (Å²) >= 11 is 0. The van der Waals surface area contributed by atoms with Crippen molar-refractivity contribution in [2.75, 3.05) is 0 Å². The fourth-order valence-electron chi connectivity index (χ4n) is 1.29. The molecule has 1 aromatic rings. The summed E-state index contributed by atoms with van der Waals surface area (Å²) in [4.78, 5) is 8.60. The predicted molar refractivity (Wildman–Crippen MR) is 60.6 cm³/mol. The maximum absolute atomic E-state index is 4.53. The summed E-state index contributed by atoms with van der Waals surface area (Å²) in [6.07, 6.45) is 7.64. The predicted octanol–water partition coefficient (Wildman–Crippen LogP) is 3.18. The van der Waals surface area contributed by atoms with Gasteiger partial charge in [0.15, 0.2) is 0 Å². The molecule has 0 fully saturated rings. The average molecular weight is 188 g/mol. The summed E-state index contributed by atoms with van der Waals surface area (Å²) in [5, 5.41) is 0. The molecule has 0 aromatic carbocycles. The molecule has 0 spiro atoms. The lowest BCUT2D eigenvalue weighted by atomic mass is 10.1. The molecule has 0 amide bonds. The van der Waals surface area contributed by atoms with Crippen molar-refractivity contribution in [2.24, 2.45) is 4.99 Å². The Balaban J connectivity index is 2.77. The maximum atomic E-state index is 4.53. The number of aromatic nitrogens is 1. The van der Waals surface area contributed by atoms with Gasteiger partial charge >= 0.3 is 0 Å². The SMILES string of the molecule is C/C=C\C(C)=NC(C)c1cccnc1. The molecule has 0 aliphatic rings. The number of allylic oxidation sites excluding steroid dienone is 2. The zero-order valence-electron chi connectivity index (χ0n) is 8.94. The van der Waals surface area contributed by atoms with Gasteiger partial charge < -0.3 is 0 Å². The topological polar surface area (TPSA) is 25.2 Å². The van der Waals surface area contributed by atoms with Gasteiger partial charge in [0.25, 0.3) is 0 Å². The molecule has 1 unspecified atom stereocenters. The highest BCUT2D eigenvalue weighted by Crippen LogP contribution is 2.14. The van der Waals surface area contributed by atoms with Crippen LogP contribution in [0.5, 0.6) is 0 Å². The van der Waals surface area contributed by atoms with E-state index in [4.69, 9.17) is 0 Å². The molecule has 0 saturated carbocycles. The van der Waals surface area contributed by atoms with E-state index >= 15 is 0 Å². The third kappa shape index (κ3) is 3.13. The zero-order valence-corrected chi connectivity index (χ0v) is 8.94. The lowest BCUT2D eigenvalue weighted by Gasteiger charge is -2.06. The summed E-state index contributed by atoms with van der Waals surface area (Å²) in [5.74, 6) is 0. The van der Waals surface area contributed by atoms with E-state index in [-0.39, 0.29) is 6.04 Å². The van der Waals surface area contributed by atoms with E-state index in [0.29, 0.717) is 0 Å². The first-order valence-electron chi connectivity index (χ1n) is 4.81. The van der Waals surface area contributed by atoms with E-state index in [1.54, 1.807) is 6.20 Å². The van der Waals surface area contributed by atoms with Crippen molar-refractivity contribution in [3.63, 3.8) is 0 Å². The van der Waals surface area contributed by atoms with Crippen LogP contribution in [-0.2, 0) is 0 Å². The van der Waals surface area contributed by atoms with Crippen molar-refractivity contribution < 1.29 is 0 Å². The Morgan fingerprint density at radius 2 is 2.36 bits per heavy atom. The Hall–Kier alpha value is -1.44. The van der Waals surface area contributed by atoms with Gasteiger partial charge in [0, 0.05) is 18.1 Å². The van der Waals surface area contributed by atoms with Crippen molar-refractivity contribution in [2.45, 2.75) is 26.8 Å². The molecular weight excluding hydrogens is 172 g/mol. The second-order valence-corrected chi connectivity index (χ2v) is 3.23. The second-order valence-electron chi connectivity index (χ2n) is 3.23. The Labute approximate surface area is 85.4 Å². The van der Waals surface area contributed by atoms with Crippen molar-refractivity contribution in [3.8, 4) is 0 Å². The number of hydrogen-bond acceptors (Lipinski definition) is 2. The lowest BCUT2D eigenvalue weighted by molar-refractivity contribution is 0.814. The number of hydrogen-bond donors (Lipinski definition) is 0. The molecule has 0 aliphatic carbocycles. The van der Waals surface area contributed by atoms with Gasteiger partial charge in [-0.25, -0.2) is 0 Å². The minimum atomic E-state index is 0.180. The van der Waals surface area contributed by atoms with Crippen LogP contribution in [0, 0.1) is 0 Å². The lowest BCUT2D eigenvalue weighted by Crippen LogP contribution is -1.94. The van der Waals surface area contributed by atoms with Gasteiger partial charge in [0.05, 0.1) is 6.04 Å². The quantitative estimate of drug-likeness (QED) is 0.669. The van der Waals surface area contributed by atoms with E-state index in [2.05, 4.69) is 16.9 Å². The summed E-state index contributed by atoms with van der Waals surface area (Å²) in [7, 11) is 0. The van der Waals surface area contributed by atoms with Crippen LogP contribution in [0.4, 0.5) is 0 Å². The number of aliphatic imine (C=N–C) groups is 1. The fourth-order valence-corrected chi connectivity index (χ4v) is 1.29. The molecule has 1 heterocycles. The highest BCUT2D eigenvalue weighted by molar-refractivity contribution is 5.92. The van der Waals surface area contributed by atoms with E-state index in [1.807, 2.05) is 44.3 Å². The molecule has 2 nitrogen and oxygen atoms in total. The molecule has 1 rings (SSSR count). The molecule has 1 atom stereocenters. The van der Waals surface area contributed by atoms with E-state index in [9.17, 15) is 0 Å². The first-order chi connectivity index (χ1) is 6.74. The van der Waals surface area contributed by atoms with Crippen molar-refractivity contribution in [1.82, 2.24) is 4.98 Å². The summed E-state index contributed by atoms with van der Waals surface area (Å²) < 4.78 is 0. The zero-order chi connectivity index (χ0) is 10.4. The summed E-state index contributed by atoms with van der Waals surface area (Å²) in [6.45, 7) is 6.07. The van der Waals surface area contributed by atoms with Gasteiger partial charge in [-0.2, -0.15) is 0 Å². The van der Waals surface area contributed by atoms with Crippen molar-refractivity contribution in [1.29, 1.82) is 0 Å². The molecule has 74 valence electrons. The van der Waals surface area contributed by atoms with Crippen molar-refractivity contribution in [3.05, 3.63) is 42.2 Å². The molecule has 1 aromatic heterocycles. The molecule has 0 aliphatic heterocycles. The molecule has 0 bridgehead atoms. The average Bonchev–Trinajstić information content (AvgIpc) is 2.19. The van der Waals surface area contributed by atoms with Crippen LogP contribution < -0.4 is 0 Å². The summed E-state index contributed by atoms with van der Waals surface area (Å²) in [5.41, 5.74) is 2.19. The summed E-state index contributed by atoms with van der Waals surface area (Å²) in [6, 6.07) is 4.16. The molecule has 14 heavy (non-hydrogen) atoms. The standard InChI is InChI=1S/C12H16N2/c1-4-6-10(2)14-11(3)12-7-5-8-13-9-12/h4-9,11H,1-3H3/b6-4-,14-10?. The Morgan fingerprint density at radius 1 is 1.57 bits per heavy atom. The third-order valence-corrected chi connectivity index (χ3v) is 1.97. The largest absolute Gasteiger partial charge is 0.282 e. The Kier molecular flexibility index (Phi) is 4.05. The first-order valence-corrected chi connectivity index (χ1v) is 4.81. The normalized spacial score (nSPS) is 14.6. The number of pyridine rings is 1. The van der Waals surface area contributed by atoms with Crippen molar-refractivity contribution >= 4 is 5.71 Å². The molecule has 0 saturated heterocycles. The van der Waals surface area contributed by atoms with Crippen LogP contribution in [0.1, 0.15) is 32.4 Å². The highest BCUT2D eigenvalue weighted by atomic mass is 14.8. The number of nitrogens with zero attached hydrogens (tertiary/aromatic N) is 2. The molecule has 2 heteroatoms. The fraction of sp³-hybridized carbons (Fsp3) is 0.333. The minimum Gasteiger partial charge on any atom is -0.282 e. The Morgan fingerprint density at radius 3 is 2.93 bits per heavy atom. The van der Waals surface area contributed by atoms with E-state index < -0.39 is 0 Å². The maximum Gasteiger partial charge on any atom is 0.0738 e. The van der Waals surface area contributed by atoms with Crippen LogP contribution in [0.15, 0.2) is 41.7 Å². The third-order valence-electron chi connectivity index (χ3n) is 1.97. The molecule has 0 N–H and O–H groups in total. The van der Waals surface area contributed by atoms with Crippen LogP contribution >= 0.6 is 0 Å². The van der Waals surface area contributed by atoms with E-state index in [0.717, 1.165) is 11.3 Å². The van der Waals surface area contributed by atoms with Gasteiger partial charge in [-0.15, -0.1) is 0 Å². The number of rotatable bonds is 3. The molecular formula is C12H16N2. The highest BCUT2D eigenvalue weighted by Gasteiger charge is 2.01. The smallest absolute Gasteiger partial charge is 0.0738 e.